The third-order valence-corrected chi connectivity index (χ3v) is 4.44. The topological polar surface area (TPSA) is 55.1 Å². The van der Waals surface area contributed by atoms with E-state index in [2.05, 4.69) is 4.98 Å². The van der Waals surface area contributed by atoms with E-state index < -0.39 is 5.97 Å². The third kappa shape index (κ3) is 2.28. The lowest BCUT2D eigenvalue weighted by Crippen LogP contribution is -2.09. The summed E-state index contributed by atoms with van der Waals surface area (Å²) in [5.41, 5.74) is 3.44. The molecule has 1 aromatic carbocycles. The van der Waals surface area contributed by atoms with Crippen LogP contribution in [0.5, 0.6) is 0 Å². The maximum absolute atomic E-state index is 11.3. The average molecular weight is 327 g/mol. The van der Waals surface area contributed by atoms with Crippen molar-refractivity contribution < 1.29 is 9.90 Å². The predicted molar refractivity (Wildman–Crippen MR) is 80.1 cm³/mol. The van der Waals surface area contributed by atoms with Gasteiger partial charge in [-0.3, -0.25) is 0 Å². The summed E-state index contributed by atoms with van der Waals surface area (Å²) in [6.07, 6.45) is 0. The van der Waals surface area contributed by atoms with Crippen molar-refractivity contribution in [1.82, 2.24) is 9.55 Å². The van der Waals surface area contributed by atoms with E-state index in [-0.39, 0.29) is 5.69 Å². The van der Waals surface area contributed by atoms with E-state index in [1.165, 1.54) is 11.3 Å². The molecule has 0 radical (unpaired) electrons. The number of carboxylic acids is 1. The molecular formula is C13H8Cl2N2O2S. The second-order valence-electron chi connectivity index (χ2n) is 4.21. The molecule has 20 heavy (non-hydrogen) atoms. The molecule has 0 saturated heterocycles. The Labute approximate surface area is 128 Å². The number of hydrogen-bond donors (Lipinski definition) is 1. The van der Waals surface area contributed by atoms with Crippen molar-refractivity contribution in [3.05, 3.63) is 51.1 Å². The number of fused-ring (bicyclic) bond motifs is 1. The Hall–Kier alpha value is -1.56. The van der Waals surface area contributed by atoms with Gasteiger partial charge >= 0.3 is 5.97 Å². The fourth-order valence-corrected chi connectivity index (χ4v) is 3.06. The Morgan fingerprint density at radius 3 is 2.80 bits per heavy atom. The number of nitrogens with zero attached hydrogens (tertiary/aromatic N) is 2. The van der Waals surface area contributed by atoms with Gasteiger partial charge in [0.15, 0.2) is 5.65 Å². The van der Waals surface area contributed by atoms with Gasteiger partial charge in [-0.2, -0.15) is 0 Å². The summed E-state index contributed by atoms with van der Waals surface area (Å²) in [6, 6.07) is 6.88. The van der Waals surface area contributed by atoms with Crippen LogP contribution in [0.4, 0.5) is 0 Å². The number of aromatic nitrogens is 2. The van der Waals surface area contributed by atoms with Gasteiger partial charge < -0.3 is 9.67 Å². The maximum Gasteiger partial charge on any atom is 0.352 e. The molecule has 0 saturated carbocycles. The highest BCUT2D eigenvalue weighted by atomic mass is 35.5. The lowest BCUT2D eigenvalue weighted by atomic mass is 10.2. The van der Waals surface area contributed by atoms with Gasteiger partial charge in [-0.15, -0.1) is 11.3 Å². The highest BCUT2D eigenvalue weighted by Gasteiger charge is 2.17. The Bertz CT molecular complexity index is 810. The number of benzene rings is 1. The molecule has 0 amide bonds. The third-order valence-electron chi connectivity index (χ3n) is 2.93. The normalized spacial score (nSPS) is 11.1. The number of hydrogen-bond acceptors (Lipinski definition) is 3. The van der Waals surface area contributed by atoms with Crippen LogP contribution in [0.1, 0.15) is 16.1 Å². The molecular weight excluding hydrogens is 319 g/mol. The van der Waals surface area contributed by atoms with Crippen molar-refractivity contribution in [1.29, 1.82) is 0 Å². The van der Waals surface area contributed by atoms with Crippen molar-refractivity contribution in [3.63, 3.8) is 0 Å². The molecule has 0 spiro atoms. The number of carbonyl (C=O) groups is 1. The van der Waals surface area contributed by atoms with E-state index in [1.54, 1.807) is 28.3 Å². The van der Waals surface area contributed by atoms with Crippen LogP contribution < -0.4 is 0 Å². The van der Waals surface area contributed by atoms with E-state index >= 15 is 0 Å². The summed E-state index contributed by atoms with van der Waals surface area (Å²) >= 11 is 13.3. The van der Waals surface area contributed by atoms with Gasteiger partial charge in [-0.05, 0) is 23.8 Å². The first-order valence-corrected chi connectivity index (χ1v) is 7.30. The highest BCUT2D eigenvalue weighted by Crippen LogP contribution is 2.26. The van der Waals surface area contributed by atoms with Crippen LogP contribution in [-0.4, -0.2) is 20.6 Å². The molecule has 7 heteroatoms. The van der Waals surface area contributed by atoms with Crippen molar-refractivity contribution in [2.75, 3.05) is 0 Å². The van der Waals surface area contributed by atoms with Crippen LogP contribution >= 0.6 is 34.5 Å². The van der Waals surface area contributed by atoms with Crippen LogP contribution in [0.15, 0.2) is 29.8 Å². The fourth-order valence-electron chi connectivity index (χ4n) is 2.02. The molecule has 102 valence electrons. The first kappa shape index (κ1) is 13.4. The minimum Gasteiger partial charge on any atom is -0.477 e. The number of halogens is 2. The van der Waals surface area contributed by atoms with Gasteiger partial charge in [0.25, 0.3) is 0 Å². The molecule has 0 bridgehead atoms. The summed E-state index contributed by atoms with van der Waals surface area (Å²) in [7, 11) is 0. The quantitative estimate of drug-likeness (QED) is 0.786. The number of thiazole rings is 1. The van der Waals surface area contributed by atoms with Crippen molar-refractivity contribution in [2.45, 2.75) is 6.54 Å². The van der Waals surface area contributed by atoms with Crippen LogP contribution in [-0.2, 0) is 6.54 Å². The van der Waals surface area contributed by atoms with Gasteiger partial charge in [-0.1, -0.05) is 29.3 Å². The summed E-state index contributed by atoms with van der Waals surface area (Å²) < 4.78 is 2.51. The zero-order chi connectivity index (χ0) is 14.3. The van der Waals surface area contributed by atoms with Crippen molar-refractivity contribution in [2.24, 2.45) is 0 Å². The van der Waals surface area contributed by atoms with Gasteiger partial charge in [0, 0.05) is 6.54 Å². The summed E-state index contributed by atoms with van der Waals surface area (Å²) in [5.74, 6) is -0.977. The maximum atomic E-state index is 11.3. The standard InChI is InChI=1S/C13H8Cl2N2O2S/c14-8-2-1-7(3-9(8)15)5-17-10(13(18)19)4-11-12(17)16-6-20-11/h1-4,6H,5H2,(H,18,19). The first-order valence-electron chi connectivity index (χ1n) is 5.66. The lowest BCUT2D eigenvalue weighted by Gasteiger charge is -2.08. The molecule has 3 aromatic rings. The SMILES string of the molecule is O=C(O)c1cc2scnc2n1Cc1ccc(Cl)c(Cl)c1. The van der Waals surface area contributed by atoms with Gasteiger partial charge in [0.1, 0.15) is 5.69 Å². The van der Waals surface area contributed by atoms with Gasteiger partial charge in [-0.25, -0.2) is 9.78 Å². The predicted octanol–water partition coefficient (Wildman–Crippen LogP) is 4.15. The Kier molecular flexibility index (Phi) is 3.41. The summed E-state index contributed by atoms with van der Waals surface area (Å²) in [6.45, 7) is 0.381. The Balaban J connectivity index is 2.08. The molecule has 3 rings (SSSR count). The van der Waals surface area contributed by atoms with Crippen molar-refractivity contribution in [3.8, 4) is 0 Å². The van der Waals surface area contributed by atoms with Crippen LogP contribution in [0.2, 0.25) is 10.0 Å². The Morgan fingerprint density at radius 1 is 1.30 bits per heavy atom. The smallest absolute Gasteiger partial charge is 0.352 e. The van der Waals surface area contributed by atoms with Gasteiger partial charge in [0.2, 0.25) is 0 Å². The molecule has 0 aliphatic heterocycles. The zero-order valence-electron chi connectivity index (χ0n) is 10.0. The van der Waals surface area contributed by atoms with E-state index in [0.29, 0.717) is 22.2 Å². The second kappa shape index (κ2) is 5.09. The largest absolute Gasteiger partial charge is 0.477 e. The minimum atomic E-state index is -0.977. The van der Waals surface area contributed by atoms with Gasteiger partial charge in [0.05, 0.1) is 20.3 Å². The molecule has 2 heterocycles. The van der Waals surface area contributed by atoms with Crippen LogP contribution in [0, 0.1) is 0 Å². The van der Waals surface area contributed by atoms with E-state index in [0.717, 1.165) is 10.3 Å². The molecule has 0 fully saturated rings. The van der Waals surface area contributed by atoms with Crippen molar-refractivity contribution >= 4 is 50.9 Å². The molecule has 0 atom stereocenters. The monoisotopic (exact) mass is 326 g/mol. The fraction of sp³-hybridized carbons (Fsp3) is 0.0769. The molecule has 1 N–H and O–H groups in total. The minimum absolute atomic E-state index is 0.213. The van der Waals surface area contributed by atoms with E-state index in [1.807, 2.05) is 6.07 Å². The summed E-state index contributed by atoms with van der Waals surface area (Å²) in [5, 5.41) is 10.2. The van der Waals surface area contributed by atoms with E-state index in [9.17, 15) is 9.90 Å². The zero-order valence-corrected chi connectivity index (χ0v) is 12.3. The molecule has 4 nitrogen and oxygen atoms in total. The number of carboxylic acid groups (broad SMARTS) is 1. The highest BCUT2D eigenvalue weighted by molar-refractivity contribution is 7.16. The first-order chi connectivity index (χ1) is 9.56. The van der Waals surface area contributed by atoms with Crippen LogP contribution in [0.3, 0.4) is 0 Å². The Morgan fingerprint density at radius 2 is 2.10 bits per heavy atom. The molecule has 0 aliphatic rings. The molecule has 2 aromatic heterocycles. The molecule has 0 unspecified atom stereocenters. The van der Waals surface area contributed by atoms with Crippen LogP contribution in [0.25, 0.3) is 10.3 Å². The summed E-state index contributed by atoms with van der Waals surface area (Å²) in [4.78, 5) is 15.5. The lowest BCUT2D eigenvalue weighted by molar-refractivity contribution is 0.0686. The average Bonchev–Trinajstić information content (AvgIpc) is 2.96. The number of rotatable bonds is 3. The molecule has 0 aliphatic carbocycles. The van der Waals surface area contributed by atoms with E-state index in [4.69, 9.17) is 23.2 Å². The number of aromatic carboxylic acids is 1. The second-order valence-corrected chi connectivity index (χ2v) is 5.91.